The van der Waals surface area contributed by atoms with Crippen LogP contribution in [0, 0.1) is 11.5 Å². The molecule has 1 aliphatic carbocycles. The van der Waals surface area contributed by atoms with Crippen molar-refractivity contribution in [1.29, 1.82) is 0 Å². The molecule has 0 amide bonds. The molecule has 1 aromatic carbocycles. The van der Waals surface area contributed by atoms with Crippen molar-refractivity contribution in [2.75, 3.05) is 6.61 Å². The predicted octanol–water partition coefficient (Wildman–Crippen LogP) is 3.77. The van der Waals surface area contributed by atoms with Crippen molar-refractivity contribution in [3.8, 4) is 11.5 Å². The van der Waals surface area contributed by atoms with Gasteiger partial charge in [-0.25, -0.2) is 9.07 Å². The van der Waals surface area contributed by atoms with Crippen molar-refractivity contribution in [1.82, 2.24) is 9.78 Å². The van der Waals surface area contributed by atoms with Crippen LogP contribution in [0.3, 0.4) is 0 Å². The fraction of sp³-hybridized carbons (Fsp3) is 0.609. The summed E-state index contributed by atoms with van der Waals surface area (Å²) in [5.74, 6) is 3.28. The first kappa shape index (κ1) is 22.5. The summed E-state index contributed by atoms with van der Waals surface area (Å²) in [5, 5.41) is 25.7. The number of aromatic nitrogens is 2. The maximum atomic E-state index is 15.5. The Morgan fingerprint density at radius 1 is 1.29 bits per heavy atom. The molecule has 1 aromatic heterocycles. The molecule has 8 heteroatoms. The lowest BCUT2D eigenvalue weighted by atomic mass is 9.72. The third kappa shape index (κ3) is 4.09. The maximum absolute atomic E-state index is 15.5. The largest absolute Gasteiger partial charge is 0.489 e. The topological polar surface area (TPSA) is 67.5 Å². The van der Waals surface area contributed by atoms with E-state index in [2.05, 4.69) is 50.4 Å². The Morgan fingerprint density at radius 3 is 2.55 bits per heavy atom. The molecule has 1 unspecified atom stereocenters. The van der Waals surface area contributed by atoms with Gasteiger partial charge >= 0.3 is 7.12 Å². The number of benzene rings is 1. The smallest absolute Gasteiger partial charge is 0.423 e. The molecule has 1 saturated heterocycles. The minimum absolute atomic E-state index is 0.0638. The minimum Gasteiger partial charge on any atom is -0.423 e. The molecule has 1 atom stereocenters. The van der Waals surface area contributed by atoms with Crippen LogP contribution in [-0.2, 0) is 10.4 Å². The van der Waals surface area contributed by atoms with Gasteiger partial charge in [0.15, 0.2) is 6.23 Å². The van der Waals surface area contributed by atoms with Crippen molar-refractivity contribution < 1.29 is 19.2 Å². The highest BCUT2D eigenvalue weighted by molar-refractivity contribution is 6.87. The summed E-state index contributed by atoms with van der Waals surface area (Å²) in [5.41, 5.74) is 3.68. The summed E-state index contributed by atoms with van der Waals surface area (Å²) < 4.78 is 23.2. The lowest BCUT2D eigenvalue weighted by molar-refractivity contribution is -0.0366. The fourth-order valence-electron chi connectivity index (χ4n) is 3.98. The van der Waals surface area contributed by atoms with Gasteiger partial charge in [0, 0.05) is 28.6 Å². The van der Waals surface area contributed by atoms with E-state index in [1.807, 2.05) is 6.07 Å². The summed E-state index contributed by atoms with van der Waals surface area (Å²) in [6.45, 7) is 11.7. The lowest BCUT2D eigenvalue weighted by Crippen LogP contribution is -2.37. The maximum Gasteiger partial charge on any atom is 0.489 e. The van der Waals surface area contributed by atoms with E-state index in [4.69, 9.17) is 4.74 Å². The van der Waals surface area contributed by atoms with Gasteiger partial charge in [-0.1, -0.05) is 39.8 Å². The third-order valence-electron chi connectivity index (χ3n) is 7.15. The molecule has 31 heavy (non-hydrogen) atoms. The van der Waals surface area contributed by atoms with Crippen molar-refractivity contribution in [2.24, 2.45) is 0 Å². The Bertz CT molecular complexity index is 1050. The van der Waals surface area contributed by atoms with Crippen molar-refractivity contribution in [2.45, 2.75) is 82.9 Å². The van der Waals surface area contributed by atoms with Gasteiger partial charge < -0.3 is 14.8 Å². The number of fused-ring (bicyclic) bond motifs is 1. The first-order chi connectivity index (χ1) is 14.4. The third-order valence-corrected chi connectivity index (χ3v) is 11.7. The van der Waals surface area contributed by atoms with Crippen molar-refractivity contribution >= 4 is 31.6 Å². The second-order valence-electron chi connectivity index (χ2n) is 10.5. The molecule has 2 fully saturated rings. The van der Waals surface area contributed by atoms with Crippen LogP contribution in [0.1, 0.15) is 70.2 Å². The Morgan fingerprint density at radius 2 is 2.00 bits per heavy atom. The molecule has 0 radical (unpaired) electrons. The summed E-state index contributed by atoms with van der Waals surface area (Å²) >= 11 is 0. The molecule has 4 rings (SSSR count). The molecular weight excluding hydrogens is 410 g/mol. The average Bonchev–Trinajstić information content (AvgIpc) is 3.30. The molecule has 0 spiro atoms. The minimum atomic E-state index is -1.95. The van der Waals surface area contributed by atoms with E-state index >= 15 is 4.39 Å². The summed E-state index contributed by atoms with van der Waals surface area (Å²) in [4.78, 5) is 0. The molecule has 5 nitrogen and oxygen atoms in total. The van der Waals surface area contributed by atoms with E-state index in [9.17, 15) is 10.0 Å². The number of hydrogen-bond donors (Lipinski definition) is 2. The van der Waals surface area contributed by atoms with Crippen LogP contribution in [0.2, 0.25) is 18.1 Å². The Balaban J connectivity index is 1.95. The fourth-order valence-corrected chi connectivity index (χ4v) is 4.80. The van der Waals surface area contributed by atoms with E-state index in [0.29, 0.717) is 41.5 Å². The van der Waals surface area contributed by atoms with Crippen LogP contribution >= 0.6 is 0 Å². The SMILES string of the molecule is CC(C)(C)[Si](C)(C)C#Cc1cc2c(cnn2C2CCCCO2)c(B(O)O)c1C1(F)CC1. The molecule has 2 heterocycles. The van der Waals surface area contributed by atoms with Gasteiger partial charge in [-0.3, -0.25) is 0 Å². The first-order valence-electron chi connectivity index (χ1n) is 11.2. The Hall–Kier alpha value is -1.66. The second kappa shape index (κ2) is 7.73. The van der Waals surface area contributed by atoms with E-state index in [1.165, 1.54) is 0 Å². The van der Waals surface area contributed by atoms with E-state index in [1.54, 1.807) is 10.9 Å². The van der Waals surface area contributed by atoms with Gasteiger partial charge in [0.1, 0.15) is 13.7 Å². The average molecular weight is 442 g/mol. The van der Waals surface area contributed by atoms with Gasteiger partial charge in [-0.05, 0) is 43.2 Å². The highest BCUT2D eigenvalue weighted by Crippen LogP contribution is 2.51. The number of hydrogen-bond acceptors (Lipinski definition) is 4. The lowest BCUT2D eigenvalue weighted by Gasteiger charge is -2.31. The van der Waals surface area contributed by atoms with E-state index in [0.717, 1.165) is 19.3 Å². The standard InChI is InChI=1S/C23H32BFN2O3Si/c1-22(2,3)31(4,5)13-9-16-14-18-17(15-26-27(18)19-8-6-7-12-30-19)21(24(28)29)20(16)23(25)10-11-23/h14-15,19,28-29H,6-8,10-12H2,1-5H3. The summed E-state index contributed by atoms with van der Waals surface area (Å²) in [6.07, 6.45) is 5.04. The van der Waals surface area contributed by atoms with Crippen molar-refractivity contribution in [3.05, 3.63) is 23.4 Å². The molecule has 0 bridgehead atoms. The van der Waals surface area contributed by atoms with Crippen molar-refractivity contribution in [3.63, 3.8) is 0 Å². The highest BCUT2D eigenvalue weighted by atomic mass is 28.3. The van der Waals surface area contributed by atoms with Crippen LogP contribution in [0.25, 0.3) is 10.9 Å². The molecule has 166 valence electrons. The van der Waals surface area contributed by atoms with Crippen LogP contribution in [0.5, 0.6) is 0 Å². The summed E-state index contributed by atoms with van der Waals surface area (Å²) in [7, 11) is -3.75. The van der Waals surface area contributed by atoms with E-state index < -0.39 is 20.9 Å². The quantitative estimate of drug-likeness (QED) is 0.561. The zero-order valence-corrected chi connectivity index (χ0v) is 20.1. The number of rotatable bonds is 3. The predicted molar refractivity (Wildman–Crippen MR) is 124 cm³/mol. The molecule has 2 aliphatic rings. The zero-order chi connectivity index (χ0) is 22.6. The molecule has 1 aliphatic heterocycles. The monoisotopic (exact) mass is 442 g/mol. The normalized spacial score (nSPS) is 21.0. The van der Waals surface area contributed by atoms with Gasteiger partial charge in [0.2, 0.25) is 0 Å². The molecule has 2 N–H and O–H groups in total. The number of alkyl halides is 1. The van der Waals surface area contributed by atoms with Crippen LogP contribution in [0.15, 0.2) is 12.3 Å². The number of ether oxygens (including phenoxy) is 1. The number of nitrogens with zero attached hydrogens (tertiary/aromatic N) is 2. The zero-order valence-electron chi connectivity index (χ0n) is 19.1. The van der Waals surface area contributed by atoms with Crippen LogP contribution < -0.4 is 5.46 Å². The number of halogens is 1. The van der Waals surface area contributed by atoms with E-state index in [-0.39, 0.29) is 16.7 Å². The second-order valence-corrected chi connectivity index (χ2v) is 15.5. The molecule has 1 saturated carbocycles. The molecule has 2 aromatic rings. The van der Waals surface area contributed by atoms with Gasteiger partial charge in [0.05, 0.1) is 11.7 Å². The summed E-state index contributed by atoms with van der Waals surface area (Å²) in [6, 6.07) is 1.88. The highest BCUT2D eigenvalue weighted by Gasteiger charge is 2.49. The molecular formula is C23H32BFN2O3Si. The van der Waals surface area contributed by atoms with Gasteiger partial charge in [0.25, 0.3) is 0 Å². The van der Waals surface area contributed by atoms with Gasteiger partial charge in [-0.2, -0.15) is 5.10 Å². The first-order valence-corrected chi connectivity index (χ1v) is 14.2. The van der Waals surface area contributed by atoms with Gasteiger partial charge in [-0.15, -0.1) is 5.54 Å². The van der Waals surface area contributed by atoms with Crippen LogP contribution in [-0.4, -0.2) is 41.6 Å². The van der Waals surface area contributed by atoms with Crippen LogP contribution in [0.4, 0.5) is 4.39 Å². The Labute approximate surface area is 185 Å². The Kier molecular flexibility index (Phi) is 5.62.